The topological polar surface area (TPSA) is 122 Å². The van der Waals surface area contributed by atoms with E-state index in [9.17, 15) is 18.0 Å². The molecule has 0 aromatic heterocycles. The van der Waals surface area contributed by atoms with E-state index in [0.29, 0.717) is 31.6 Å². The second-order valence-electron chi connectivity index (χ2n) is 7.98. The number of likely N-dealkylation sites (tertiary alicyclic amines) is 1. The average molecular weight is 445 g/mol. The summed E-state index contributed by atoms with van der Waals surface area (Å²) in [6.07, 6.45) is 1.30. The number of nitrogens with two attached hydrogens (primary N) is 1. The van der Waals surface area contributed by atoms with Gasteiger partial charge in [0.05, 0.1) is 11.4 Å². The van der Waals surface area contributed by atoms with Crippen LogP contribution in [0.5, 0.6) is 0 Å². The van der Waals surface area contributed by atoms with Gasteiger partial charge >= 0.3 is 0 Å². The molecule has 31 heavy (non-hydrogen) atoms. The Balaban J connectivity index is 1.46. The molecule has 8 nitrogen and oxygen atoms in total. The van der Waals surface area contributed by atoms with Crippen molar-refractivity contribution in [3.8, 4) is 0 Å². The lowest BCUT2D eigenvalue weighted by atomic mass is 9.96. The van der Waals surface area contributed by atoms with Crippen LogP contribution in [0.15, 0.2) is 47.4 Å². The zero-order chi connectivity index (χ0) is 22.6. The molecule has 1 saturated heterocycles. The molecule has 2 aromatic carbocycles. The Labute approximate surface area is 182 Å². The molecule has 166 valence electrons. The molecule has 9 heteroatoms. The summed E-state index contributed by atoms with van der Waals surface area (Å²) in [7, 11) is -3.76. The van der Waals surface area contributed by atoms with Gasteiger partial charge in [0.2, 0.25) is 21.8 Å². The Morgan fingerprint density at radius 1 is 1.03 bits per heavy atom. The Morgan fingerprint density at radius 2 is 1.68 bits per heavy atom. The monoisotopic (exact) mass is 444 g/mol. The van der Waals surface area contributed by atoms with E-state index >= 15 is 0 Å². The minimum Gasteiger partial charge on any atom is -0.326 e. The third kappa shape index (κ3) is 6.36. The number of sulfonamides is 1. The predicted octanol–water partition coefficient (Wildman–Crippen LogP) is 2.24. The van der Waals surface area contributed by atoms with Gasteiger partial charge < -0.3 is 10.6 Å². The van der Waals surface area contributed by atoms with Gasteiger partial charge in [0.15, 0.2) is 0 Å². The molecule has 0 saturated carbocycles. The molecule has 0 atom stereocenters. The van der Waals surface area contributed by atoms with E-state index in [1.165, 1.54) is 24.3 Å². The zero-order valence-electron chi connectivity index (χ0n) is 17.7. The van der Waals surface area contributed by atoms with E-state index in [-0.39, 0.29) is 29.2 Å². The van der Waals surface area contributed by atoms with E-state index in [1.807, 2.05) is 36.9 Å². The normalized spacial score (nSPS) is 15.5. The van der Waals surface area contributed by atoms with Crippen LogP contribution in [0.1, 0.15) is 24.0 Å². The minimum atomic E-state index is -3.76. The lowest BCUT2D eigenvalue weighted by Gasteiger charge is -2.30. The molecule has 0 spiro atoms. The van der Waals surface area contributed by atoms with Gasteiger partial charge in [-0.3, -0.25) is 14.5 Å². The number of benzene rings is 2. The van der Waals surface area contributed by atoms with Crippen LogP contribution < -0.4 is 15.8 Å². The highest BCUT2D eigenvalue weighted by molar-refractivity contribution is 7.89. The predicted molar refractivity (Wildman–Crippen MR) is 120 cm³/mol. The molecule has 4 N–H and O–H groups in total. The molecule has 0 unspecified atom stereocenters. The van der Waals surface area contributed by atoms with Gasteiger partial charge in [0.1, 0.15) is 0 Å². The molecule has 1 heterocycles. The van der Waals surface area contributed by atoms with Crippen LogP contribution in [0.25, 0.3) is 0 Å². The SMILES string of the molecule is Cc1ccc(NC(=O)CN2CCC(C(=O)Nc3ccc(S(N)(=O)=O)cc3)CC2)c(C)c1. The van der Waals surface area contributed by atoms with Gasteiger partial charge in [-0.25, -0.2) is 13.6 Å². The summed E-state index contributed by atoms with van der Waals surface area (Å²) >= 11 is 0. The summed E-state index contributed by atoms with van der Waals surface area (Å²) in [5, 5.41) is 10.9. The van der Waals surface area contributed by atoms with Crippen molar-refractivity contribution in [3.05, 3.63) is 53.6 Å². The van der Waals surface area contributed by atoms with E-state index in [2.05, 4.69) is 10.6 Å². The molecule has 0 radical (unpaired) electrons. The number of carbonyl (C=O) groups is 2. The lowest BCUT2D eigenvalue weighted by Crippen LogP contribution is -2.41. The van der Waals surface area contributed by atoms with Crippen LogP contribution in [-0.2, 0) is 19.6 Å². The van der Waals surface area contributed by atoms with E-state index in [0.717, 1.165) is 16.8 Å². The van der Waals surface area contributed by atoms with Crippen molar-refractivity contribution in [2.45, 2.75) is 31.6 Å². The molecule has 0 aliphatic carbocycles. The molecule has 2 amide bonds. The number of primary sulfonamides is 1. The molecule has 2 aromatic rings. The fourth-order valence-electron chi connectivity index (χ4n) is 3.67. The maximum absolute atomic E-state index is 12.5. The first-order chi connectivity index (χ1) is 14.6. The number of piperidine rings is 1. The van der Waals surface area contributed by atoms with E-state index in [4.69, 9.17) is 5.14 Å². The van der Waals surface area contributed by atoms with Gasteiger partial charge in [0, 0.05) is 17.3 Å². The van der Waals surface area contributed by atoms with Crippen molar-refractivity contribution in [2.24, 2.45) is 11.1 Å². The second kappa shape index (κ2) is 9.59. The van der Waals surface area contributed by atoms with Gasteiger partial charge in [-0.1, -0.05) is 17.7 Å². The fraction of sp³-hybridized carbons (Fsp3) is 0.364. The highest BCUT2D eigenvalue weighted by Crippen LogP contribution is 2.21. The number of amides is 2. The quantitative estimate of drug-likeness (QED) is 0.631. The zero-order valence-corrected chi connectivity index (χ0v) is 18.5. The van der Waals surface area contributed by atoms with E-state index < -0.39 is 10.0 Å². The van der Waals surface area contributed by atoms with Gasteiger partial charge in [-0.05, 0) is 75.7 Å². The van der Waals surface area contributed by atoms with Gasteiger partial charge in [-0.2, -0.15) is 0 Å². The van der Waals surface area contributed by atoms with Crippen molar-refractivity contribution >= 4 is 33.2 Å². The van der Waals surface area contributed by atoms with Crippen molar-refractivity contribution < 1.29 is 18.0 Å². The highest BCUT2D eigenvalue weighted by atomic mass is 32.2. The first-order valence-corrected chi connectivity index (χ1v) is 11.7. The van der Waals surface area contributed by atoms with Crippen molar-refractivity contribution in [1.82, 2.24) is 4.90 Å². The molecule has 1 aliphatic rings. The molecule has 3 rings (SSSR count). The van der Waals surface area contributed by atoms with Crippen LogP contribution in [0, 0.1) is 19.8 Å². The number of aryl methyl sites for hydroxylation is 2. The third-order valence-corrected chi connectivity index (χ3v) is 6.36. The largest absolute Gasteiger partial charge is 0.326 e. The summed E-state index contributed by atoms with van der Waals surface area (Å²) in [4.78, 5) is 27.0. The first kappa shape index (κ1) is 22.9. The summed E-state index contributed by atoms with van der Waals surface area (Å²) in [5.41, 5.74) is 3.52. The van der Waals surface area contributed by atoms with Gasteiger partial charge in [-0.15, -0.1) is 0 Å². The lowest BCUT2D eigenvalue weighted by molar-refractivity contribution is -0.121. The standard InChI is InChI=1S/C22H28N4O4S/c1-15-3-8-20(16(2)13-15)25-21(27)14-26-11-9-17(10-12-26)22(28)24-18-4-6-19(7-5-18)31(23,29)30/h3-8,13,17H,9-12,14H2,1-2H3,(H,24,28)(H,25,27)(H2,23,29,30). The van der Waals surface area contributed by atoms with E-state index in [1.54, 1.807) is 0 Å². The summed E-state index contributed by atoms with van der Waals surface area (Å²) in [5.74, 6) is -0.330. The Morgan fingerprint density at radius 3 is 2.26 bits per heavy atom. The van der Waals surface area contributed by atoms with Crippen LogP contribution in [0.4, 0.5) is 11.4 Å². The molecular formula is C22H28N4O4S. The number of carbonyl (C=O) groups excluding carboxylic acids is 2. The number of hydrogen-bond acceptors (Lipinski definition) is 5. The van der Waals surface area contributed by atoms with Crippen LogP contribution in [0.3, 0.4) is 0 Å². The van der Waals surface area contributed by atoms with Crippen molar-refractivity contribution in [2.75, 3.05) is 30.3 Å². The van der Waals surface area contributed by atoms with Crippen molar-refractivity contribution in [3.63, 3.8) is 0 Å². The maximum atomic E-state index is 12.5. The van der Waals surface area contributed by atoms with Crippen LogP contribution in [0.2, 0.25) is 0 Å². The Hall–Kier alpha value is -2.75. The third-order valence-electron chi connectivity index (χ3n) is 5.43. The Kier molecular flexibility index (Phi) is 7.09. The molecule has 1 aliphatic heterocycles. The number of anilines is 2. The summed E-state index contributed by atoms with van der Waals surface area (Å²) in [6, 6.07) is 11.7. The number of nitrogens with one attached hydrogen (secondary N) is 2. The summed E-state index contributed by atoms with van der Waals surface area (Å²) in [6.45, 7) is 5.58. The number of hydrogen-bond donors (Lipinski definition) is 3. The minimum absolute atomic E-state index is 0.00193. The fourth-order valence-corrected chi connectivity index (χ4v) is 4.19. The highest BCUT2D eigenvalue weighted by Gasteiger charge is 2.26. The molecule has 0 bridgehead atoms. The van der Waals surface area contributed by atoms with Gasteiger partial charge in [0.25, 0.3) is 0 Å². The second-order valence-corrected chi connectivity index (χ2v) is 9.54. The van der Waals surface area contributed by atoms with Crippen molar-refractivity contribution in [1.29, 1.82) is 0 Å². The Bertz CT molecular complexity index is 1060. The summed E-state index contributed by atoms with van der Waals surface area (Å²) < 4.78 is 22.6. The van der Waals surface area contributed by atoms with Crippen LogP contribution >= 0.6 is 0 Å². The maximum Gasteiger partial charge on any atom is 0.238 e. The number of rotatable bonds is 6. The average Bonchev–Trinajstić information content (AvgIpc) is 2.70. The first-order valence-electron chi connectivity index (χ1n) is 10.1. The molecular weight excluding hydrogens is 416 g/mol. The smallest absolute Gasteiger partial charge is 0.238 e. The van der Waals surface area contributed by atoms with Crippen LogP contribution in [-0.4, -0.2) is 44.8 Å². The number of nitrogens with zero attached hydrogens (tertiary/aromatic N) is 1. The molecule has 1 fully saturated rings.